The van der Waals surface area contributed by atoms with Gasteiger partial charge in [0.15, 0.2) is 0 Å². The molecule has 0 aromatic heterocycles. The fraction of sp³-hybridized carbons (Fsp3) is 0.833. The first-order valence-corrected chi connectivity index (χ1v) is 5.93. The average Bonchev–Trinajstić information content (AvgIpc) is 2.29. The summed E-state index contributed by atoms with van der Waals surface area (Å²) in [6.07, 6.45) is 6.34. The Morgan fingerprint density at radius 3 is 2.87 bits per heavy atom. The minimum atomic E-state index is 0.635. The maximum atomic E-state index is 5.49. The zero-order valence-electron chi connectivity index (χ0n) is 9.54. The fourth-order valence-corrected chi connectivity index (χ4v) is 1.67. The Morgan fingerprint density at radius 2 is 2.13 bits per heavy atom. The van der Waals surface area contributed by atoms with Crippen LogP contribution in [0.15, 0.2) is 12.7 Å². The third-order valence-corrected chi connectivity index (χ3v) is 2.60. The summed E-state index contributed by atoms with van der Waals surface area (Å²) in [7, 11) is 0. The van der Waals surface area contributed by atoms with Crippen LogP contribution in [-0.2, 0) is 9.47 Å². The zero-order chi connectivity index (χ0) is 10.8. The van der Waals surface area contributed by atoms with Gasteiger partial charge in [-0.15, -0.1) is 6.58 Å². The summed E-state index contributed by atoms with van der Waals surface area (Å²) in [6.45, 7) is 8.10. The molecule has 1 rings (SSSR count). The van der Waals surface area contributed by atoms with Crippen molar-refractivity contribution in [2.24, 2.45) is 0 Å². The summed E-state index contributed by atoms with van der Waals surface area (Å²) in [5, 5.41) is 3.49. The van der Waals surface area contributed by atoms with Gasteiger partial charge in [-0.25, -0.2) is 0 Å². The molecule has 3 heteroatoms. The Hall–Kier alpha value is -0.380. The summed E-state index contributed by atoms with van der Waals surface area (Å²) >= 11 is 0. The van der Waals surface area contributed by atoms with Crippen molar-refractivity contribution in [3.63, 3.8) is 0 Å². The molecule has 0 spiro atoms. The molecule has 3 nitrogen and oxygen atoms in total. The highest BCUT2D eigenvalue weighted by molar-refractivity contribution is 4.69. The third kappa shape index (κ3) is 6.66. The highest BCUT2D eigenvalue weighted by Gasteiger charge is 2.11. The largest absolute Gasteiger partial charge is 0.381 e. The highest BCUT2D eigenvalue weighted by Crippen LogP contribution is 2.05. The molecule has 1 N–H and O–H groups in total. The fourth-order valence-electron chi connectivity index (χ4n) is 1.67. The van der Waals surface area contributed by atoms with Crippen molar-refractivity contribution >= 4 is 0 Å². The predicted octanol–water partition coefficient (Wildman–Crippen LogP) is 1.74. The number of ether oxygens (including phenoxy) is 2. The normalized spacial score (nSPS) is 17.9. The van der Waals surface area contributed by atoms with E-state index in [0.717, 1.165) is 58.7 Å². The van der Waals surface area contributed by atoms with Gasteiger partial charge in [0.25, 0.3) is 0 Å². The third-order valence-electron chi connectivity index (χ3n) is 2.60. The molecule has 0 atom stereocenters. The molecule has 0 aliphatic carbocycles. The van der Waals surface area contributed by atoms with E-state index in [2.05, 4.69) is 11.9 Å². The summed E-state index contributed by atoms with van der Waals surface area (Å²) in [4.78, 5) is 0. The number of nitrogens with one attached hydrogen (secondary N) is 1. The van der Waals surface area contributed by atoms with Gasteiger partial charge in [-0.2, -0.15) is 0 Å². The van der Waals surface area contributed by atoms with Gasteiger partial charge < -0.3 is 14.8 Å². The molecule has 0 amide bonds. The molecule has 0 bridgehead atoms. The lowest BCUT2D eigenvalue weighted by molar-refractivity contribution is 0.0728. The van der Waals surface area contributed by atoms with Crippen LogP contribution in [-0.4, -0.2) is 39.0 Å². The van der Waals surface area contributed by atoms with Crippen molar-refractivity contribution < 1.29 is 9.47 Å². The molecule has 0 radical (unpaired) electrons. The van der Waals surface area contributed by atoms with E-state index in [1.807, 2.05) is 6.08 Å². The molecule has 1 saturated heterocycles. The molecule has 0 aromatic rings. The second-order valence-electron chi connectivity index (χ2n) is 3.88. The van der Waals surface area contributed by atoms with Crippen LogP contribution in [0.3, 0.4) is 0 Å². The Kier molecular flexibility index (Phi) is 7.52. The molecule has 1 heterocycles. The van der Waals surface area contributed by atoms with E-state index in [0.29, 0.717) is 6.04 Å². The minimum Gasteiger partial charge on any atom is -0.381 e. The smallest absolute Gasteiger partial charge is 0.0591 e. The number of unbranched alkanes of at least 4 members (excludes halogenated alkanes) is 1. The Bertz CT molecular complexity index is 156. The Labute approximate surface area is 92.8 Å². The van der Waals surface area contributed by atoms with Crippen molar-refractivity contribution in [2.45, 2.75) is 31.7 Å². The lowest BCUT2D eigenvalue weighted by Gasteiger charge is -2.23. The molecular formula is C12H23NO2. The molecular weight excluding hydrogens is 190 g/mol. The van der Waals surface area contributed by atoms with Gasteiger partial charge in [0.05, 0.1) is 6.61 Å². The molecule has 0 unspecified atom stereocenters. The van der Waals surface area contributed by atoms with Crippen LogP contribution in [0.2, 0.25) is 0 Å². The summed E-state index contributed by atoms with van der Waals surface area (Å²) in [6, 6.07) is 0.635. The van der Waals surface area contributed by atoms with Gasteiger partial charge in [-0.05, 0) is 25.7 Å². The molecule has 1 aliphatic rings. The van der Waals surface area contributed by atoms with Crippen LogP contribution in [0, 0.1) is 0 Å². The van der Waals surface area contributed by atoms with E-state index in [-0.39, 0.29) is 0 Å². The highest BCUT2D eigenvalue weighted by atomic mass is 16.5. The van der Waals surface area contributed by atoms with Crippen molar-refractivity contribution in [1.82, 2.24) is 5.32 Å². The van der Waals surface area contributed by atoms with Gasteiger partial charge in [0, 0.05) is 32.4 Å². The van der Waals surface area contributed by atoms with Crippen molar-refractivity contribution in [3.8, 4) is 0 Å². The number of allylic oxidation sites excluding steroid dienone is 1. The monoisotopic (exact) mass is 213 g/mol. The maximum absolute atomic E-state index is 5.49. The SMILES string of the molecule is C=CCCCOCCNC1CCOCC1. The second-order valence-corrected chi connectivity index (χ2v) is 3.88. The zero-order valence-corrected chi connectivity index (χ0v) is 9.54. The molecule has 0 saturated carbocycles. The van der Waals surface area contributed by atoms with Crippen LogP contribution >= 0.6 is 0 Å². The van der Waals surface area contributed by atoms with E-state index >= 15 is 0 Å². The maximum Gasteiger partial charge on any atom is 0.0591 e. The average molecular weight is 213 g/mol. The first-order valence-electron chi connectivity index (χ1n) is 5.93. The quantitative estimate of drug-likeness (QED) is 0.492. The van der Waals surface area contributed by atoms with E-state index in [4.69, 9.17) is 9.47 Å². The van der Waals surface area contributed by atoms with Crippen molar-refractivity contribution in [3.05, 3.63) is 12.7 Å². The van der Waals surface area contributed by atoms with Crippen LogP contribution in [0.4, 0.5) is 0 Å². The van der Waals surface area contributed by atoms with E-state index < -0.39 is 0 Å². The standard InChI is InChI=1S/C12H23NO2/c1-2-3-4-8-14-11-7-13-12-5-9-15-10-6-12/h2,12-13H,1,3-11H2. The molecule has 15 heavy (non-hydrogen) atoms. The Morgan fingerprint density at radius 1 is 1.33 bits per heavy atom. The lowest BCUT2D eigenvalue weighted by atomic mass is 10.1. The van der Waals surface area contributed by atoms with Crippen LogP contribution in [0.25, 0.3) is 0 Å². The van der Waals surface area contributed by atoms with Crippen LogP contribution in [0.5, 0.6) is 0 Å². The summed E-state index contributed by atoms with van der Waals surface area (Å²) in [5.74, 6) is 0. The van der Waals surface area contributed by atoms with Crippen LogP contribution < -0.4 is 5.32 Å². The van der Waals surface area contributed by atoms with Gasteiger partial charge in [-0.1, -0.05) is 6.08 Å². The summed E-state index contributed by atoms with van der Waals surface area (Å²) < 4.78 is 10.8. The topological polar surface area (TPSA) is 30.5 Å². The van der Waals surface area contributed by atoms with Gasteiger partial charge >= 0.3 is 0 Å². The van der Waals surface area contributed by atoms with Gasteiger partial charge in [0.1, 0.15) is 0 Å². The van der Waals surface area contributed by atoms with Crippen LogP contribution in [0.1, 0.15) is 25.7 Å². The van der Waals surface area contributed by atoms with Gasteiger partial charge in [-0.3, -0.25) is 0 Å². The van der Waals surface area contributed by atoms with Crippen molar-refractivity contribution in [1.29, 1.82) is 0 Å². The first kappa shape index (κ1) is 12.7. The Balaban J connectivity index is 1.81. The number of hydrogen-bond acceptors (Lipinski definition) is 3. The minimum absolute atomic E-state index is 0.635. The number of rotatable bonds is 8. The molecule has 88 valence electrons. The van der Waals surface area contributed by atoms with E-state index in [1.54, 1.807) is 0 Å². The molecule has 1 fully saturated rings. The molecule has 0 aromatic carbocycles. The predicted molar refractivity (Wildman–Crippen MR) is 62.1 cm³/mol. The van der Waals surface area contributed by atoms with Crippen molar-refractivity contribution in [2.75, 3.05) is 33.0 Å². The summed E-state index contributed by atoms with van der Waals surface area (Å²) in [5.41, 5.74) is 0. The lowest BCUT2D eigenvalue weighted by Crippen LogP contribution is -2.36. The van der Waals surface area contributed by atoms with Gasteiger partial charge in [0.2, 0.25) is 0 Å². The van der Waals surface area contributed by atoms with E-state index in [9.17, 15) is 0 Å². The first-order chi connectivity index (χ1) is 7.43. The second kappa shape index (κ2) is 8.89. The number of hydrogen-bond donors (Lipinski definition) is 1. The van der Waals surface area contributed by atoms with E-state index in [1.165, 1.54) is 0 Å². The molecule has 1 aliphatic heterocycles.